The van der Waals surface area contributed by atoms with Gasteiger partial charge in [0.05, 0.1) is 16.8 Å². The predicted octanol–water partition coefficient (Wildman–Crippen LogP) is 3.66. The number of hydrogen-bond acceptors (Lipinski definition) is 5. The van der Waals surface area contributed by atoms with Gasteiger partial charge < -0.3 is 5.32 Å². The lowest BCUT2D eigenvalue weighted by Gasteiger charge is -2.21. The van der Waals surface area contributed by atoms with Crippen molar-refractivity contribution < 1.29 is 4.39 Å². The fourth-order valence-electron chi connectivity index (χ4n) is 4.11. The van der Waals surface area contributed by atoms with E-state index in [-0.39, 0.29) is 5.82 Å². The second-order valence-corrected chi connectivity index (χ2v) is 7.56. The van der Waals surface area contributed by atoms with Gasteiger partial charge in [0.1, 0.15) is 17.4 Å². The summed E-state index contributed by atoms with van der Waals surface area (Å²) in [5, 5.41) is 27.2. The number of hydrogen-bond donors (Lipinski definition) is 1. The normalized spacial score (nSPS) is 15.1. The summed E-state index contributed by atoms with van der Waals surface area (Å²) in [6, 6.07) is 11.0. The van der Waals surface area contributed by atoms with Crippen molar-refractivity contribution in [3.63, 3.8) is 0 Å². The first-order valence-electron chi connectivity index (χ1n) is 9.68. The van der Waals surface area contributed by atoms with Crippen LogP contribution in [0.2, 0.25) is 0 Å². The molecular formula is C22H19FN6. The monoisotopic (exact) mass is 386 g/mol. The van der Waals surface area contributed by atoms with E-state index in [1.165, 1.54) is 6.07 Å². The molecule has 29 heavy (non-hydrogen) atoms. The van der Waals surface area contributed by atoms with Gasteiger partial charge in [0.25, 0.3) is 0 Å². The number of piperidine rings is 1. The standard InChI is InChI=1S/C22H19FN6/c1-29-12-17-7-14(6-16(11-24)22(17)28-29)15-8-19(23)18-10-20(26-27-21(18)9-15)13-2-4-25-5-3-13/h6-10,12-13,25H,2-5H2,1H3. The number of fused-ring (bicyclic) bond motifs is 2. The molecule has 0 radical (unpaired) electrons. The van der Waals surface area contributed by atoms with Crippen LogP contribution in [-0.4, -0.2) is 33.1 Å². The summed E-state index contributed by atoms with van der Waals surface area (Å²) in [4.78, 5) is 0. The highest BCUT2D eigenvalue weighted by atomic mass is 19.1. The number of rotatable bonds is 2. The summed E-state index contributed by atoms with van der Waals surface area (Å²) in [6.07, 6.45) is 3.83. The molecule has 0 bridgehead atoms. The Bertz CT molecular complexity index is 1280. The van der Waals surface area contributed by atoms with E-state index in [2.05, 4.69) is 26.7 Å². The number of aryl methyl sites for hydroxylation is 1. The van der Waals surface area contributed by atoms with Crippen molar-refractivity contribution in [1.29, 1.82) is 5.26 Å². The van der Waals surface area contributed by atoms with Crippen LogP contribution in [0.4, 0.5) is 4.39 Å². The lowest BCUT2D eigenvalue weighted by atomic mass is 9.93. The molecule has 0 spiro atoms. The number of nitriles is 1. The fraction of sp³-hybridized carbons (Fsp3) is 0.273. The second kappa shape index (κ2) is 6.90. The Morgan fingerprint density at radius 3 is 2.69 bits per heavy atom. The van der Waals surface area contributed by atoms with E-state index in [9.17, 15) is 5.26 Å². The van der Waals surface area contributed by atoms with Gasteiger partial charge in [-0.3, -0.25) is 4.68 Å². The van der Waals surface area contributed by atoms with Gasteiger partial charge in [-0.05, 0) is 67.4 Å². The molecule has 0 aliphatic carbocycles. The first-order chi connectivity index (χ1) is 14.1. The molecular weight excluding hydrogens is 367 g/mol. The van der Waals surface area contributed by atoms with E-state index in [0.29, 0.717) is 33.5 Å². The molecule has 0 amide bonds. The quantitative estimate of drug-likeness (QED) is 0.569. The molecule has 4 aromatic rings. The maximum absolute atomic E-state index is 15.0. The number of halogens is 1. The summed E-state index contributed by atoms with van der Waals surface area (Å²) in [6.45, 7) is 1.90. The molecule has 0 unspecified atom stereocenters. The van der Waals surface area contributed by atoms with Crippen LogP contribution in [-0.2, 0) is 7.05 Å². The minimum atomic E-state index is -0.327. The fourth-order valence-corrected chi connectivity index (χ4v) is 4.11. The summed E-state index contributed by atoms with van der Waals surface area (Å²) >= 11 is 0. The lowest BCUT2D eigenvalue weighted by Crippen LogP contribution is -2.27. The minimum absolute atomic E-state index is 0.318. The Labute approximate surface area is 167 Å². The van der Waals surface area contributed by atoms with Crippen LogP contribution in [0.1, 0.15) is 30.0 Å². The van der Waals surface area contributed by atoms with Crippen LogP contribution in [0.15, 0.2) is 36.5 Å². The van der Waals surface area contributed by atoms with E-state index >= 15 is 4.39 Å². The van der Waals surface area contributed by atoms with E-state index < -0.39 is 0 Å². The molecule has 6 nitrogen and oxygen atoms in total. The SMILES string of the molecule is Cn1cc2cc(-c3cc(F)c4cc(C5CCNCC5)nnc4c3)cc(C#N)c2n1. The van der Waals surface area contributed by atoms with E-state index in [1.807, 2.05) is 31.4 Å². The van der Waals surface area contributed by atoms with Gasteiger partial charge in [-0.1, -0.05) is 0 Å². The molecule has 2 aromatic carbocycles. The zero-order valence-electron chi connectivity index (χ0n) is 16.0. The lowest BCUT2D eigenvalue weighted by molar-refractivity contribution is 0.451. The van der Waals surface area contributed by atoms with Gasteiger partial charge >= 0.3 is 0 Å². The smallest absolute Gasteiger partial charge is 0.133 e. The molecule has 7 heteroatoms. The molecule has 1 aliphatic rings. The number of nitrogens with one attached hydrogen (secondary N) is 1. The Kier molecular flexibility index (Phi) is 4.22. The number of nitrogens with zero attached hydrogens (tertiary/aromatic N) is 5. The first kappa shape index (κ1) is 17.7. The zero-order valence-corrected chi connectivity index (χ0v) is 16.0. The second-order valence-electron chi connectivity index (χ2n) is 7.56. The van der Waals surface area contributed by atoms with Gasteiger partial charge in [-0.15, -0.1) is 0 Å². The topological polar surface area (TPSA) is 79.4 Å². The molecule has 0 atom stereocenters. The zero-order chi connectivity index (χ0) is 20.0. The largest absolute Gasteiger partial charge is 0.317 e. The van der Waals surface area contributed by atoms with Crippen LogP contribution in [0.25, 0.3) is 32.9 Å². The molecule has 1 aliphatic heterocycles. The third-order valence-electron chi connectivity index (χ3n) is 5.61. The first-order valence-corrected chi connectivity index (χ1v) is 9.68. The van der Waals surface area contributed by atoms with Crippen molar-refractivity contribution in [3.8, 4) is 17.2 Å². The maximum atomic E-state index is 15.0. The predicted molar refractivity (Wildman–Crippen MR) is 109 cm³/mol. The third kappa shape index (κ3) is 3.12. The van der Waals surface area contributed by atoms with Crippen LogP contribution in [0, 0.1) is 17.1 Å². The highest BCUT2D eigenvalue weighted by Crippen LogP contribution is 2.31. The molecule has 3 heterocycles. The molecule has 2 aromatic heterocycles. The van der Waals surface area contributed by atoms with Gasteiger partial charge in [-0.2, -0.15) is 20.6 Å². The molecule has 144 valence electrons. The van der Waals surface area contributed by atoms with Crippen LogP contribution < -0.4 is 5.32 Å². The maximum Gasteiger partial charge on any atom is 0.133 e. The van der Waals surface area contributed by atoms with E-state index in [0.717, 1.165) is 42.6 Å². The van der Waals surface area contributed by atoms with Gasteiger partial charge in [-0.25, -0.2) is 4.39 Å². The Morgan fingerprint density at radius 1 is 1.10 bits per heavy atom. The Morgan fingerprint density at radius 2 is 1.90 bits per heavy atom. The Hall–Kier alpha value is -3.37. The minimum Gasteiger partial charge on any atom is -0.317 e. The number of benzene rings is 2. The third-order valence-corrected chi connectivity index (χ3v) is 5.61. The van der Waals surface area contributed by atoms with Crippen LogP contribution >= 0.6 is 0 Å². The summed E-state index contributed by atoms with van der Waals surface area (Å²) in [7, 11) is 1.81. The van der Waals surface area contributed by atoms with Crippen LogP contribution in [0.5, 0.6) is 0 Å². The van der Waals surface area contributed by atoms with E-state index in [4.69, 9.17) is 0 Å². The summed E-state index contributed by atoms with van der Waals surface area (Å²) in [5.74, 6) is -0.00854. The van der Waals surface area contributed by atoms with Crippen molar-refractivity contribution in [3.05, 3.63) is 53.6 Å². The van der Waals surface area contributed by atoms with Crippen molar-refractivity contribution >= 4 is 21.8 Å². The molecule has 5 rings (SSSR count). The molecule has 1 saturated heterocycles. The highest BCUT2D eigenvalue weighted by molar-refractivity contribution is 5.91. The van der Waals surface area contributed by atoms with Crippen molar-refractivity contribution in [2.75, 3.05) is 13.1 Å². The van der Waals surface area contributed by atoms with Crippen molar-refractivity contribution in [2.45, 2.75) is 18.8 Å². The van der Waals surface area contributed by atoms with Gasteiger partial charge in [0, 0.05) is 29.9 Å². The summed E-state index contributed by atoms with van der Waals surface area (Å²) in [5.41, 5.74) is 3.90. The average Bonchev–Trinajstić information content (AvgIpc) is 3.13. The summed E-state index contributed by atoms with van der Waals surface area (Å²) < 4.78 is 16.7. The van der Waals surface area contributed by atoms with Crippen molar-refractivity contribution in [1.82, 2.24) is 25.3 Å². The Balaban J connectivity index is 1.61. The molecule has 1 N–H and O–H groups in total. The van der Waals surface area contributed by atoms with Gasteiger partial charge in [0.2, 0.25) is 0 Å². The molecule has 1 fully saturated rings. The van der Waals surface area contributed by atoms with Crippen LogP contribution in [0.3, 0.4) is 0 Å². The van der Waals surface area contributed by atoms with Gasteiger partial charge in [0.15, 0.2) is 0 Å². The average molecular weight is 386 g/mol. The number of aromatic nitrogens is 4. The highest BCUT2D eigenvalue weighted by Gasteiger charge is 2.19. The molecule has 0 saturated carbocycles. The van der Waals surface area contributed by atoms with E-state index in [1.54, 1.807) is 10.7 Å². The van der Waals surface area contributed by atoms with Crippen molar-refractivity contribution in [2.24, 2.45) is 7.05 Å².